The summed E-state index contributed by atoms with van der Waals surface area (Å²) in [6.07, 6.45) is 0.583. The normalized spacial score (nSPS) is 12.5. The second-order valence-corrected chi connectivity index (χ2v) is 9.50. The van der Waals surface area contributed by atoms with Gasteiger partial charge in [-0.25, -0.2) is 13.1 Å². The van der Waals surface area contributed by atoms with Gasteiger partial charge in [0.2, 0.25) is 9.47 Å². The number of nitrogens with one attached hydrogen (secondary N) is 2. The molecule has 1 heterocycles. The van der Waals surface area contributed by atoms with Gasteiger partial charge in [-0.05, 0) is 43.5 Å². The fraction of sp³-hybridized carbons (Fsp3) is 0.250. The SMILES string of the molecule is CC[C@H](NS(=O)(=O)c1nnc(NC(=O)c2ccccc2)s1)c1ccc(C)cc1C. The van der Waals surface area contributed by atoms with Crippen LogP contribution in [-0.4, -0.2) is 24.5 Å². The van der Waals surface area contributed by atoms with Crippen LogP contribution in [0.3, 0.4) is 0 Å². The lowest BCUT2D eigenvalue weighted by atomic mass is 9.98. The summed E-state index contributed by atoms with van der Waals surface area (Å²) < 4.78 is 28.1. The van der Waals surface area contributed by atoms with E-state index in [0.29, 0.717) is 12.0 Å². The van der Waals surface area contributed by atoms with E-state index in [1.54, 1.807) is 30.3 Å². The highest BCUT2D eigenvalue weighted by atomic mass is 32.2. The van der Waals surface area contributed by atoms with Crippen molar-refractivity contribution in [1.82, 2.24) is 14.9 Å². The number of aryl methyl sites for hydroxylation is 2. The molecule has 0 saturated heterocycles. The molecule has 1 amide bonds. The first kappa shape index (κ1) is 21.1. The summed E-state index contributed by atoms with van der Waals surface area (Å²) in [4.78, 5) is 12.2. The van der Waals surface area contributed by atoms with Gasteiger partial charge in [0.1, 0.15) is 0 Å². The number of hydrogen-bond donors (Lipinski definition) is 2. The topological polar surface area (TPSA) is 101 Å². The molecule has 7 nitrogen and oxygen atoms in total. The molecular formula is C20H22N4O3S2. The van der Waals surface area contributed by atoms with Crippen LogP contribution in [0, 0.1) is 13.8 Å². The Labute approximate surface area is 174 Å². The van der Waals surface area contributed by atoms with E-state index in [4.69, 9.17) is 0 Å². The molecule has 0 spiro atoms. The summed E-state index contributed by atoms with van der Waals surface area (Å²) in [5.74, 6) is -0.375. The Morgan fingerprint density at radius 3 is 2.48 bits per heavy atom. The summed E-state index contributed by atoms with van der Waals surface area (Å²) in [5.41, 5.74) is 3.51. The number of benzene rings is 2. The van der Waals surface area contributed by atoms with Crippen molar-refractivity contribution in [2.75, 3.05) is 5.32 Å². The van der Waals surface area contributed by atoms with Crippen molar-refractivity contribution in [2.24, 2.45) is 0 Å². The summed E-state index contributed by atoms with van der Waals surface area (Å²) in [6.45, 7) is 5.87. The van der Waals surface area contributed by atoms with Crippen molar-refractivity contribution >= 4 is 32.4 Å². The molecule has 0 saturated carbocycles. The molecule has 3 rings (SSSR count). The molecule has 0 unspecified atom stereocenters. The molecule has 3 aromatic rings. The Hall–Kier alpha value is -2.62. The maximum Gasteiger partial charge on any atom is 0.270 e. The molecule has 2 aromatic carbocycles. The highest BCUT2D eigenvalue weighted by molar-refractivity contribution is 7.91. The van der Waals surface area contributed by atoms with Crippen LogP contribution in [0.25, 0.3) is 0 Å². The van der Waals surface area contributed by atoms with Crippen LogP contribution in [-0.2, 0) is 10.0 Å². The predicted molar refractivity (Wildman–Crippen MR) is 114 cm³/mol. The van der Waals surface area contributed by atoms with Gasteiger partial charge in [-0.1, -0.05) is 60.2 Å². The Kier molecular flexibility index (Phi) is 6.41. The third-order valence-electron chi connectivity index (χ3n) is 4.40. The van der Waals surface area contributed by atoms with Crippen molar-refractivity contribution in [3.63, 3.8) is 0 Å². The van der Waals surface area contributed by atoms with Gasteiger partial charge in [0.15, 0.2) is 0 Å². The maximum absolute atomic E-state index is 12.8. The van der Waals surface area contributed by atoms with E-state index in [1.807, 2.05) is 39.0 Å². The van der Waals surface area contributed by atoms with Gasteiger partial charge in [0.25, 0.3) is 15.9 Å². The van der Waals surface area contributed by atoms with Crippen LogP contribution in [0.15, 0.2) is 52.9 Å². The third-order valence-corrected chi connectivity index (χ3v) is 7.08. The molecule has 0 bridgehead atoms. The lowest BCUT2D eigenvalue weighted by Gasteiger charge is -2.19. The minimum Gasteiger partial charge on any atom is -0.296 e. The second-order valence-electron chi connectivity index (χ2n) is 6.64. The number of rotatable bonds is 7. The molecular weight excluding hydrogens is 408 g/mol. The Bertz CT molecular complexity index is 1110. The zero-order valence-electron chi connectivity index (χ0n) is 16.3. The fourth-order valence-corrected chi connectivity index (χ4v) is 5.16. The highest BCUT2D eigenvalue weighted by Gasteiger charge is 2.25. The van der Waals surface area contributed by atoms with E-state index in [2.05, 4.69) is 20.2 Å². The first-order chi connectivity index (χ1) is 13.8. The van der Waals surface area contributed by atoms with E-state index in [9.17, 15) is 13.2 Å². The van der Waals surface area contributed by atoms with E-state index < -0.39 is 10.0 Å². The minimum atomic E-state index is -3.88. The predicted octanol–water partition coefficient (Wildman–Crippen LogP) is 3.84. The molecule has 0 aliphatic carbocycles. The zero-order valence-corrected chi connectivity index (χ0v) is 18.0. The summed E-state index contributed by atoms with van der Waals surface area (Å²) in [6, 6.07) is 14.1. The fourth-order valence-electron chi connectivity index (χ4n) is 2.95. The maximum atomic E-state index is 12.8. The smallest absolute Gasteiger partial charge is 0.270 e. The Morgan fingerprint density at radius 2 is 1.83 bits per heavy atom. The van der Waals surface area contributed by atoms with Crippen molar-refractivity contribution < 1.29 is 13.2 Å². The molecule has 29 heavy (non-hydrogen) atoms. The van der Waals surface area contributed by atoms with Gasteiger partial charge >= 0.3 is 0 Å². The number of carbonyl (C=O) groups is 1. The standard InChI is InChI=1S/C20H22N4O3S2/c1-4-17(16-11-10-13(2)12-14(16)3)24-29(26,27)20-23-22-19(28-20)21-18(25)15-8-6-5-7-9-15/h5-12,17,24H,4H2,1-3H3,(H,21,22,25)/t17-/m0/s1. The molecule has 9 heteroatoms. The molecule has 0 aliphatic rings. The first-order valence-corrected chi connectivity index (χ1v) is 11.4. The third kappa shape index (κ3) is 5.06. The lowest BCUT2D eigenvalue weighted by molar-refractivity contribution is 0.102. The van der Waals surface area contributed by atoms with Gasteiger partial charge in [-0.15, -0.1) is 10.2 Å². The molecule has 1 aromatic heterocycles. The monoisotopic (exact) mass is 430 g/mol. The van der Waals surface area contributed by atoms with Crippen molar-refractivity contribution in [3.8, 4) is 0 Å². The quantitative estimate of drug-likeness (QED) is 0.555. The Morgan fingerprint density at radius 1 is 1.10 bits per heavy atom. The van der Waals surface area contributed by atoms with Gasteiger partial charge in [0, 0.05) is 11.6 Å². The molecule has 0 aliphatic heterocycles. The van der Waals surface area contributed by atoms with E-state index in [1.165, 1.54) is 0 Å². The number of anilines is 1. The van der Waals surface area contributed by atoms with Crippen molar-refractivity contribution in [3.05, 3.63) is 70.8 Å². The van der Waals surface area contributed by atoms with Gasteiger partial charge in [-0.3, -0.25) is 10.1 Å². The molecule has 0 fully saturated rings. The molecule has 1 atom stereocenters. The first-order valence-electron chi connectivity index (χ1n) is 9.09. The van der Waals surface area contributed by atoms with Crippen LogP contribution in [0.4, 0.5) is 5.13 Å². The number of nitrogens with zero attached hydrogens (tertiary/aromatic N) is 2. The average Bonchev–Trinajstić information content (AvgIpc) is 3.17. The van der Waals surface area contributed by atoms with E-state index in [-0.39, 0.29) is 21.4 Å². The van der Waals surface area contributed by atoms with E-state index >= 15 is 0 Å². The van der Waals surface area contributed by atoms with Crippen LogP contribution >= 0.6 is 11.3 Å². The van der Waals surface area contributed by atoms with Crippen molar-refractivity contribution in [2.45, 2.75) is 37.6 Å². The summed E-state index contributed by atoms with van der Waals surface area (Å²) >= 11 is 0.813. The minimum absolute atomic E-state index is 0.124. The highest BCUT2D eigenvalue weighted by Crippen LogP contribution is 2.26. The number of sulfonamides is 1. The number of carbonyl (C=O) groups excluding carboxylic acids is 1. The second kappa shape index (κ2) is 8.81. The van der Waals surface area contributed by atoms with Crippen LogP contribution < -0.4 is 10.0 Å². The van der Waals surface area contributed by atoms with Gasteiger partial charge in [0.05, 0.1) is 0 Å². The van der Waals surface area contributed by atoms with Gasteiger partial charge in [-0.2, -0.15) is 0 Å². The average molecular weight is 431 g/mol. The molecule has 2 N–H and O–H groups in total. The Balaban J connectivity index is 1.76. The lowest BCUT2D eigenvalue weighted by Crippen LogP contribution is -2.28. The number of amides is 1. The van der Waals surface area contributed by atoms with Crippen LogP contribution in [0.5, 0.6) is 0 Å². The van der Waals surface area contributed by atoms with Crippen LogP contribution in [0.1, 0.15) is 46.4 Å². The number of aromatic nitrogens is 2. The van der Waals surface area contributed by atoms with Crippen LogP contribution in [0.2, 0.25) is 0 Å². The summed E-state index contributed by atoms with van der Waals surface area (Å²) in [5, 5.41) is 10.3. The number of hydrogen-bond acceptors (Lipinski definition) is 6. The van der Waals surface area contributed by atoms with E-state index in [0.717, 1.165) is 28.0 Å². The molecule has 0 radical (unpaired) electrons. The largest absolute Gasteiger partial charge is 0.296 e. The summed E-state index contributed by atoms with van der Waals surface area (Å²) in [7, 11) is -3.88. The molecule has 152 valence electrons. The zero-order chi connectivity index (χ0) is 21.0. The van der Waals surface area contributed by atoms with Gasteiger partial charge < -0.3 is 0 Å². The van der Waals surface area contributed by atoms with Crippen molar-refractivity contribution in [1.29, 1.82) is 0 Å².